The zero-order valence-electron chi connectivity index (χ0n) is 11.0. The molecule has 1 amide bonds. The average molecular weight is 281 g/mol. The molecule has 5 heteroatoms. The van der Waals surface area contributed by atoms with Crippen LogP contribution in [-0.4, -0.2) is 28.9 Å². The van der Waals surface area contributed by atoms with Crippen LogP contribution in [0.4, 0.5) is 0 Å². The second kappa shape index (κ2) is 6.19. The molecule has 1 N–H and O–H groups in total. The van der Waals surface area contributed by atoms with Crippen molar-refractivity contribution in [3.63, 3.8) is 0 Å². The number of carboxylic acids is 1. The number of amides is 1. The summed E-state index contributed by atoms with van der Waals surface area (Å²) in [7, 11) is 1.80. The minimum atomic E-state index is -0.766. The zero-order chi connectivity index (χ0) is 13.8. The number of rotatable bonds is 4. The second-order valence-corrected chi connectivity index (χ2v) is 6.00. The molecule has 1 fully saturated rings. The van der Waals surface area contributed by atoms with Crippen LogP contribution < -0.4 is 0 Å². The maximum absolute atomic E-state index is 12.3. The fourth-order valence-corrected chi connectivity index (χ4v) is 3.34. The first-order chi connectivity index (χ1) is 9.08. The maximum Gasteiger partial charge on any atom is 0.306 e. The number of thiophene rings is 1. The number of carboxylic acid groups (broad SMARTS) is 1. The van der Waals surface area contributed by atoms with E-state index in [0.29, 0.717) is 19.4 Å². The molecule has 0 spiro atoms. The van der Waals surface area contributed by atoms with Gasteiger partial charge in [-0.1, -0.05) is 6.42 Å². The van der Waals surface area contributed by atoms with Gasteiger partial charge in [0, 0.05) is 19.5 Å². The molecule has 2 atom stereocenters. The molecule has 104 valence electrons. The Bertz CT molecular complexity index is 444. The first-order valence-corrected chi connectivity index (χ1v) is 7.51. The van der Waals surface area contributed by atoms with Crippen LogP contribution >= 0.6 is 11.3 Å². The smallest absolute Gasteiger partial charge is 0.306 e. The molecule has 1 aliphatic rings. The van der Waals surface area contributed by atoms with Crippen LogP contribution in [0, 0.1) is 11.8 Å². The monoisotopic (exact) mass is 281 g/mol. The summed E-state index contributed by atoms with van der Waals surface area (Å²) in [4.78, 5) is 25.1. The lowest BCUT2D eigenvalue weighted by molar-refractivity contribution is -0.145. The molecule has 4 nitrogen and oxygen atoms in total. The van der Waals surface area contributed by atoms with Crippen molar-refractivity contribution >= 4 is 23.2 Å². The minimum absolute atomic E-state index is 0.0807. The molecule has 2 rings (SSSR count). The fraction of sp³-hybridized carbons (Fsp3) is 0.571. The Morgan fingerprint density at radius 2 is 2.16 bits per heavy atom. The Hall–Kier alpha value is -1.36. The summed E-state index contributed by atoms with van der Waals surface area (Å²) >= 11 is 1.62. The quantitative estimate of drug-likeness (QED) is 0.923. The normalized spacial score (nSPS) is 23.0. The Labute approximate surface area is 117 Å². The van der Waals surface area contributed by atoms with E-state index < -0.39 is 5.97 Å². The Morgan fingerprint density at radius 3 is 2.79 bits per heavy atom. The van der Waals surface area contributed by atoms with Gasteiger partial charge in [0.05, 0.1) is 5.92 Å². The van der Waals surface area contributed by atoms with E-state index in [4.69, 9.17) is 5.11 Å². The molecule has 0 saturated heterocycles. The summed E-state index contributed by atoms with van der Waals surface area (Å²) in [5, 5.41) is 13.1. The van der Waals surface area contributed by atoms with Gasteiger partial charge in [-0.15, -0.1) is 0 Å². The van der Waals surface area contributed by atoms with E-state index >= 15 is 0 Å². The molecule has 2 unspecified atom stereocenters. The van der Waals surface area contributed by atoms with Crippen LogP contribution in [0.2, 0.25) is 0 Å². The summed E-state index contributed by atoms with van der Waals surface area (Å²) in [6.07, 6.45) is 2.84. The van der Waals surface area contributed by atoms with E-state index in [0.717, 1.165) is 18.4 Å². The number of nitrogens with zero attached hydrogens (tertiary/aromatic N) is 1. The van der Waals surface area contributed by atoms with Crippen LogP contribution in [0.1, 0.15) is 31.2 Å². The van der Waals surface area contributed by atoms with Crippen molar-refractivity contribution in [3.8, 4) is 0 Å². The van der Waals surface area contributed by atoms with E-state index in [1.54, 1.807) is 23.3 Å². The van der Waals surface area contributed by atoms with Gasteiger partial charge in [-0.05, 0) is 41.7 Å². The number of hydrogen-bond donors (Lipinski definition) is 1. The average Bonchev–Trinajstić information content (AvgIpc) is 2.90. The summed E-state index contributed by atoms with van der Waals surface area (Å²) in [5.41, 5.74) is 1.13. The lowest BCUT2D eigenvalue weighted by Crippen LogP contribution is -2.36. The molecule has 1 heterocycles. The van der Waals surface area contributed by atoms with Crippen molar-refractivity contribution in [3.05, 3.63) is 22.4 Å². The van der Waals surface area contributed by atoms with Crippen molar-refractivity contribution in [1.29, 1.82) is 0 Å². The molecule has 1 aromatic rings. The molecular formula is C14H19NO3S. The highest BCUT2D eigenvalue weighted by molar-refractivity contribution is 7.07. The van der Waals surface area contributed by atoms with E-state index in [-0.39, 0.29) is 17.7 Å². The van der Waals surface area contributed by atoms with Gasteiger partial charge in [0.2, 0.25) is 5.91 Å². The molecule has 0 aliphatic heterocycles. The largest absolute Gasteiger partial charge is 0.481 e. The van der Waals surface area contributed by atoms with Crippen LogP contribution in [0.25, 0.3) is 0 Å². The van der Waals surface area contributed by atoms with Crippen LogP contribution in [-0.2, 0) is 16.1 Å². The Morgan fingerprint density at radius 1 is 1.42 bits per heavy atom. The molecule has 0 bridgehead atoms. The highest BCUT2D eigenvalue weighted by atomic mass is 32.1. The van der Waals surface area contributed by atoms with Gasteiger partial charge in [-0.3, -0.25) is 9.59 Å². The number of carbonyl (C=O) groups excluding carboxylic acids is 1. The predicted octanol–water partition coefficient (Wildman–Crippen LogP) is 2.60. The topological polar surface area (TPSA) is 57.6 Å². The third-order valence-electron chi connectivity index (χ3n) is 3.75. The maximum atomic E-state index is 12.3. The van der Waals surface area contributed by atoms with Crippen molar-refractivity contribution < 1.29 is 14.7 Å². The van der Waals surface area contributed by atoms with Gasteiger partial charge in [0.25, 0.3) is 0 Å². The zero-order valence-corrected chi connectivity index (χ0v) is 11.9. The van der Waals surface area contributed by atoms with E-state index in [2.05, 4.69) is 0 Å². The Balaban J connectivity index is 1.93. The molecular weight excluding hydrogens is 262 g/mol. The van der Waals surface area contributed by atoms with Crippen molar-refractivity contribution in [1.82, 2.24) is 4.90 Å². The Kier molecular flexibility index (Phi) is 4.58. The van der Waals surface area contributed by atoms with Gasteiger partial charge in [0.15, 0.2) is 0 Å². The molecule has 1 aromatic heterocycles. The van der Waals surface area contributed by atoms with Crippen LogP contribution in [0.5, 0.6) is 0 Å². The number of aliphatic carboxylic acids is 1. The third-order valence-corrected chi connectivity index (χ3v) is 4.48. The van der Waals surface area contributed by atoms with Gasteiger partial charge in [-0.25, -0.2) is 0 Å². The van der Waals surface area contributed by atoms with Crippen LogP contribution in [0.3, 0.4) is 0 Å². The molecule has 1 saturated carbocycles. The number of carbonyl (C=O) groups is 2. The molecule has 0 radical (unpaired) electrons. The van der Waals surface area contributed by atoms with Crippen LogP contribution in [0.15, 0.2) is 16.8 Å². The first kappa shape index (κ1) is 14.1. The minimum Gasteiger partial charge on any atom is -0.481 e. The summed E-state index contributed by atoms with van der Waals surface area (Å²) < 4.78 is 0. The highest BCUT2D eigenvalue weighted by Crippen LogP contribution is 2.30. The first-order valence-electron chi connectivity index (χ1n) is 6.56. The van der Waals surface area contributed by atoms with E-state index in [9.17, 15) is 9.59 Å². The van der Waals surface area contributed by atoms with Gasteiger partial charge < -0.3 is 10.0 Å². The fourth-order valence-electron chi connectivity index (χ4n) is 2.68. The van der Waals surface area contributed by atoms with Gasteiger partial charge in [-0.2, -0.15) is 11.3 Å². The lowest BCUT2D eigenvalue weighted by Gasteiger charge is -2.29. The van der Waals surface area contributed by atoms with E-state index in [1.165, 1.54) is 0 Å². The summed E-state index contributed by atoms with van der Waals surface area (Å²) in [5.74, 6) is -1.16. The van der Waals surface area contributed by atoms with Gasteiger partial charge in [0.1, 0.15) is 0 Å². The van der Waals surface area contributed by atoms with Crippen molar-refractivity contribution in [2.45, 2.75) is 32.2 Å². The van der Waals surface area contributed by atoms with Gasteiger partial charge >= 0.3 is 5.97 Å². The summed E-state index contributed by atoms with van der Waals surface area (Å²) in [6.45, 7) is 0.608. The molecule has 0 aromatic carbocycles. The molecule has 19 heavy (non-hydrogen) atoms. The number of hydrogen-bond acceptors (Lipinski definition) is 3. The van der Waals surface area contributed by atoms with E-state index in [1.807, 2.05) is 16.8 Å². The molecule has 1 aliphatic carbocycles. The predicted molar refractivity (Wildman–Crippen MR) is 73.9 cm³/mol. The summed E-state index contributed by atoms with van der Waals surface area (Å²) in [6, 6.07) is 2.01. The third kappa shape index (κ3) is 3.56. The standard InChI is InChI=1S/C14H19NO3S/c1-15(8-10-5-6-19-9-10)13(16)11-3-2-4-12(7-11)14(17)18/h5-6,9,11-12H,2-4,7-8H2,1H3,(H,17,18). The van der Waals surface area contributed by atoms with Crippen molar-refractivity contribution in [2.24, 2.45) is 11.8 Å². The van der Waals surface area contributed by atoms with Crippen molar-refractivity contribution in [2.75, 3.05) is 7.05 Å². The SMILES string of the molecule is CN(Cc1ccsc1)C(=O)C1CCCC(C(=O)O)C1. The second-order valence-electron chi connectivity index (χ2n) is 5.22. The lowest BCUT2D eigenvalue weighted by atomic mass is 9.81. The highest BCUT2D eigenvalue weighted by Gasteiger charge is 2.32.